The topological polar surface area (TPSA) is 49.9 Å². The van der Waals surface area contributed by atoms with Crippen molar-refractivity contribution in [3.05, 3.63) is 75.7 Å². The molecule has 8 heteroatoms. The summed E-state index contributed by atoms with van der Waals surface area (Å²) in [7, 11) is 0. The van der Waals surface area contributed by atoms with Crippen molar-refractivity contribution in [1.29, 1.82) is 0 Å². The van der Waals surface area contributed by atoms with Crippen LogP contribution in [-0.2, 0) is 17.9 Å². The molecule has 2 aliphatic heterocycles. The number of pyridine rings is 1. The molecule has 0 aliphatic carbocycles. The largest absolute Gasteiger partial charge is 0.489 e. The van der Waals surface area contributed by atoms with E-state index >= 15 is 0 Å². The van der Waals surface area contributed by atoms with E-state index in [0.717, 1.165) is 78.9 Å². The van der Waals surface area contributed by atoms with E-state index in [4.69, 9.17) is 21.1 Å². The molecule has 0 unspecified atom stereocenters. The van der Waals surface area contributed by atoms with Crippen molar-refractivity contribution in [3.63, 3.8) is 0 Å². The molecular formula is C27H30ClFN4O2. The van der Waals surface area contributed by atoms with Gasteiger partial charge in [0.25, 0.3) is 0 Å². The number of ether oxygens (including phenoxy) is 2. The number of halogens is 2. The van der Waals surface area contributed by atoms with E-state index in [2.05, 4.69) is 39.2 Å². The standard InChI is InChI=1S/C27H30ClFN4O2/c1-18-3-8-24(29)25(28)23(18)16-33-10-9-30-27-26(33)19(2)20(15-31-27)17-35-22-6-4-21(5-7-22)32-11-13-34-14-12-32/h3-8,15H,9-14,16-17H2,1-2H3,(H,30,31). The molecule has 2 aliphatic rings. The summed E-state index contributed by atoms with van der Waals surface area (Å²) < 4.78 is 25.7. The van der Waals surface area contributed by atoms with Crippen LogP contribution in [0.3, 0.4) is 0 Å². The molecule has 5 rings (SSSR count). The summed E-state index contributed by atoms with van der Waals surface area (Å²) in [5.74, 6) is 1.26. The van der Waals surface area contributed by atoms with Crippen LogP contribution in [0, 0.1) is 19.7 Å². The molecule has 0 spiro atoms. The highest BCUT2D eigenvalue weighted by atomic mass is 35.5. The highest BCUT2D eigenvalue weighted by molar-refractivity contribution is 6.31. The van der Waals surface area contributed by atoms with Gasteiger partial charge in [0.15, 0.2) is 0 Å². The number of hydrogen-bond acceptors (Lipinski definition) is 6. The Morgan fingerprint density at radius 1 is 1.09 bits per heavy atom. The number of benzene rings is 2. The third-order valence-corrected chi connectivity index (χ3v) is 7.20. The van der Waals surface area contributed by atoms with Crippen molar-refractivity contribution in [2.45, 2.75) is 27.0 Å². The summed E-state index contributed by atoms with van der Waals surface area (Å²) in [5.41, 5.74) is 6.08. The Labute approximate surface area is 210 Å². The Balaban J connectivity index is 1.33. The zero-order valence-corrected chi connectivity index (χ0v) is 20.9. The van der Waals surface area contributed by atoms with Crippen LogP contribution in [0.4, 0.5) is 21.6 Å². The molecule has 6 nitrogen and oxygen atoms in total. The molecule has 1 aromatic heterocycles. The summed E-state index contributed by atoms with van der Waals surface area (Å²) in [6.45, 7) is 9.86. The number of morpholine rings is 1. The molecule has 0 radical (unpaired) electrons. The molecule has 2 aromatic carbocycles. The number of aryl methyl sites for hydroxylation is 1. The normalized spacial score (nSPS) is 15.5. The first-order chi connectivity index (χ1) is 17.0. The Bertz CT molecular complexity index is 1200. The molecule has 0 atom stereocenters. The van der Waals surface area contributed by atoms with E-state index in [1.165, 1.54) is 11.8 Å². The summed E-state index contributed by atoms with van der Waals surface area (Å²) in [6.07, 6.45) is 1.87. The van der Waals surface area contributed by atoms with Gasteiger partial charge in [-0.25, -0.2) is 9.37 Å². The fourth-order valence-electron chi connectivity index (χ4n) is 4.68. The van der Waals surface area contributed by atoms with Crippen molar-refractivity contribution >= 4 is 28.8 Å². The molecule has 0 saturated carbocycles. The summed E-state index contributed by atoms with van der Waals surface area (Å²) in [4.78, 5) is 9.21. The maximum Gasteiger partial charge on any atom is 0.149 e. The van der Waals surface area contributed by atoms with Crippen molar-refractivity contribution in [1.82, 2.24) is 4.98 Å². The van der Waals surface area contributed by atoms with Crippen LogP contribution in [0.1, 0.15) is 22.3 Å². The summed E-state index contributed by atoms with van der Waals surface area (Å²) in [6, 6.07) is 11.4. The van der Waals surface area contributed by atoms with Crippen LogP contribution in [0.2, 0.25) is 5.02 Å². The summed E-state index contributed by atoms with van der Waals surface area (Å²) in [5, 5.41) is 3.57. The zero-order valence-electron chi connectivity index (χ0n) is 20.1. The Hall–Kier alpha value is -3.03. The molecular weight excluding hydrogens is 467 g/mol. The number of rotatable bonds is 6. The highest BCUT2D eigenvalue weighted by Gasteiger charge is 2.24. The van der Waals surface area contributed by atoms with Gasteiger partial charge in [-0.2, -0.15) is 0 Å². The van der Waals surface area contributed by atoms with Gasteiger partial charge in [-0.1, -0.05) is 17.7 Å². The lowest BCUT2D eigenvalue weighted by molar-refractivity contribution is 0.122. The maximum atomic E-state index is 14.1. The number of nitrogens with one attached hydrogen (secondary N) is 1. The highest BCUT2D eigenvalue weighted by Crippen LogP contribution is 2.36. The number of aromatic nitrogens is 1. The minimum absolute atomic E-state index is 0.190. The van der Waals surface area contributed by atoms with Crippen LogP contribution in [0.5, 0.6) is 5.75 Å². The van der Waals surface area contributed by atoms with Crippen LogP contribution in [0.25, 0.3) is 0 Å². The lowest BCUT2D eigenvalue weighted by atomic mass is 10.0. The second kappa shape index (κ2) is 10.3. The molecule has 1 fully saturated rings. The molecule has 0 amide bonds. The average Bonchev–Trinajstić information content (AvgIpc) is 2.89. The fourth-order valence-corrected chi connectivity index (χ4v) is 4.95. The van der Waals surface area contributed by atoms with Gasteiger partial charge < -0.3 is 24.6 Å². The molecule has 184 valence electrons. The Morgan fingerprint density at radius 2 is 1.86 bits per heavy atom. The minimum Gasteiger partial charge on any atom is -0.489 e. The van der Waals surface area contributed by atoms with Gasteiger partial charge in [0.2, 0.25) is 0 Å². The minimum atomic E-state index is -0.390. The second-order valence-electron chi connectivity index (χ2n) is 8.99. The molecule has 35 heavy (non-hydrogen) atoms. The Morgan fingerprint density at radius 3 is 2.63 bits per heavy atom. The predicted octanol–water partition coefficient (Wildman–Crippen LogP) is 5.34. The first-order valence-electron chi connectivity index (χ1n) is 12.0. The van der Waals surface area contributed by atoms with Crippen LogP contribution >= 0.6 is 11.6 Å². The average molecular weight is 497 g/mol. The van der Waals surface area contributed by atoms with Crippen molar-refractivity contribution in [3.8, 4) is 5.75 Å². The maximum absolute atomic E-state index is 14.1. The number of nitrogens with zero attached hydrogens (tertiary/aromatic N) is 3. The predicted molar refractivity (Wildman–Crippen MR) is 138 cm³/mol. The van der Waals surface area contributed by atoms with Gasteiger partial charge in [0.05, 0.1) is 23.9 Å². The van der Waals surface area contributed by atoms with Crippen LogP contribution in [-0.4, -0.2) is 44.4 Å². The van der Waals surface area contributed by atoms with Gasteiger partial charge in [-0.3, -0.25) is 0 Å². The van der Waals surface area contributed by atoms with Gasteiger partial charge in [-0.05, 0) is 60.9 Å². The SMILES string of the molecule is Cc1ccc(F)c(Cl)c1CN1CCNc2ncc(COc3ccc(N4CCOCC4)cc3)c(C)c21. The number of anilines is 3. The second-order valence-corrected chi connectivity index (χ2v) is 9.37. The quantitative estimate of drug-likeness (QED) is 0.497. The molecule has 0 bridgehead atoms. The lowest BCUT2D eigenvalue weighted by Crippen LogP contribution is -2.36. The Kier molecular flexibility index (Phi) is 6.97. The van der Waals surface area contributed by atoms with Crippen molar-refractivity contribution < 1.29 is 13.9 Å². The smallest absolute Gasteiger partial charge is 0.149 e. The van der Waals surface area contributed by atoms with Gasteiger partial charge in [0, 0.05) is 50.2 Å². The van der Waals surface area contributed by atoms with E-state index in [1.54, 1.807) is 6.07 Å². The first-order valence-corrected chi connectivity index (χ1v) is 12.4. The van der Waals surface area contributed by atoms with Crippen molar-refractivity contribution in [2.75, 3.05) is 54.5 Å². The molecule has 3 heterocycles. The van der Waals surface area contributed by atoms with Crippen LogP contribution < -0.4 is 19.9 Å². The molecule has 1 saturated heterocycles. The molecule has 1 N–H and O–H groups in total. The lowest BCUT2D eigenvalue weighted by Gasteiger charge is -2.34. The molecule has 3 aromatic rings. The van der Waals surface area contributed by atoms with E-state index in [9.17, 15) is 4.39 Å². The first kappa shape index (κ1) is 23.7. The number of fused-ring (bicyclic) bond motifs is 1. The van der Waals surface area contributed by atoms with Crippen LogP contribution in [0.15, 0.2) is 42.6 Å². The summed E-state index contributed by atoms with van der Waals surface area (Å²) >= 11 is 6.33. The van der Waals surface area contributed by atoms with E-state index < -0.39 is 0 Å². The number of hydrogen-bond donors (Lipinski definition) is 1. The third-order valence-electron chi connectivity index (χ3n) is 6.79. The van der Waals surface area contributed by atoms with E-state index in [-0.39, 0.29) is 10.8 Å². The monoisotopic (exact) mass is 496 g/mol. The van der Waals surface area contributed by atoms with Gasteiger partial charge in [0.1, 0.15) is 24.0 Å². The van der Waals surface area contributed by atoms with Gasteiger partial charge in [-0.15, -0.1) is 0 Å². The van der Waals surface area contributed by atoms with Crippen molar-refractivity contribution in [2.24, 2.45) is 0 Å². The van der Waals surface area contributed by atoms with E-state index in [1.807, 2.05) is 25.3 Å². The zero-order chi connectivity index (χ0) is 24.4. The van der Waals surface area contributed by atoms with Gasteiger partial charge >= 0.3 is 0 Å². The third kappa shape index (κ3) is 5.02. The fraction of sp³-hybridized carbons (Fsp3) is 0.370. The van der Waals surface area contributed by atoms with E-state index in [0.29, 0.717) is 13.2 Å².